The van der Waals surface area contributed by atoms with Crippen molar-refractivity contribution in [2.75, 3.05) is 20.6 Å². The van der Waals surface area contributed by atoms with Crippen LogP contribution >= 0.6 is 11.3 Å². The van der Waals surface area contributed by atoms with Gasteiger partial charge in [-0.2, -0.15) is 0 Å². The number of thiazole rings is 1. The molecule has 29 heavy (non-hydrogen) atoms. The molecule has 0 saturated carbocycles. The second kappa shape index (κ2) is 8.86. The molecule has 0 aliphatic heterocycles. The van der Waals surface area contributed by atoms with E-state index in [-0.39, 0.29) is 10.8 Å². The Morgan fingerprint density at radius 3 is 2.48 bits per heavy atom. The first-order valence-corrected chi connectivity index (χ1v) is 11.4. The van der Waals surface area contributed by atoms with Crippen molar-refractivity contribution < 1.29 is 13.2 Å². The maximum atomic E-state index is 12.4. The Kier molecular flexibility index (Phi) is 6.46. The SMILES string of the molecule is Cc1nc(-c2ccc(CCNC(=O)c3cccc(S(=O)(=O)N(C)C)c3)cc2)cs1. The van der Waals surface area contributed by atoms with E-state index < -0.39 is 10.0 Å². The Morgan fingerprint density at radius 2 is 1.86 bits per heavy atom. The zero-order valence-electron chi connectivity index (χ0n) is 16.5. The lowest BCUT2D eigenvalue weighted by molar-refractivity contribution is 0.0954. The molecular formula is C21H23N3O3S2. The van der Waals surface area contributed by atoms with Crippen LogP contribution in [0.2, 0.25) is 0 Å². The molecule has 1 heterocycles. The van der Waals surface area contributed by atoms with E-state index >= 15 is 0 Å². The predicted molar refractivity (Wildman–Crippen MR) is 116 cm³/mol. The fraction of sp³-hybridized carbons (Fsp3) is 0.238. The fourth-order valence-corrected chi connectivity index (χ4v) is 4.34. The Hall–Kier alpha value is -2.55. The topological polar surface area (TPSA) is 79.4 Å². The van der Waals surface area contributed by atoms with Gasteiger partial charge in [-0.3, -0.25) is 4.79 Å². The second-order valence-corrected chi connectivity index (χ2v) is 9.98. The van der Waals surface area contributed by atoms with Gasteiger partial charge in [0.25, 0.3) is 5.91 Å². The van der Waals surface area contributed by atoms with E-state index in [0.717, 1.165) is 26.1 Å². The molecule has 0 saturated heterocycles. The molecule has 0 aliphatic carbocycles. The molecule has 0 radical (unpaired) electrons. The number of sulfonamides is 1. The zero-order chi connectivity index (χ0) is 21.0. The van der Waals surface area contributed by atoms with Gasteiger partial charge < -0.3 is 5.32 Å². The van der Waals surface area contributed by atoms with Gasteiger partial charge in [0.1, 0.15) is 0 Å². The molecule has 1 aromatic heterocycles. The number of carbonyl (C=O) groups is 1. The van der Waals surface area contributed by atoms with Crippen LogP contribution in [0, 0.1) is 6.92 Å². The van der Waals surface area contributed by atoms with Crippen LogP contribution in [-0.4, -0.2) is 44.3 Å². The van der Waals surface area contributed by atoms with Gasteiger partial charge in [0, 0.05) is 37.1 Å². The van der Waals surface area contributed by atoms with Gasteiger partial charge in [0.15, 0.2) is 0 Å². The van der Waals surface area contributed by atoms with Crippen molar-refractivity contribution in [3.63, 3.8) is 0 Å². The number of amides is 1. The summed E-state index contributed by atoms with van der Waals surface area (Å²) in [4.78, 5) is 17.0. The Bertz CT molecular complexity index is 1100. The molecule has 3 rings (SSSR count). The van der Waals surface area contributed by atoms with Crippen molar-refractivity contribution in [2.24, 2.45) is 0 Å². The molecule has 3 aromatic rings. The minimum atomic E-state index is -3.57. The van der Waals surface area contributed by atoms with Crippen LogP contribution in [0.3, 0.4) is 0 Å². The lowest BCUT2D eigenvalue weighted by Gasteiger charge is -2.12. The quantitative estimate of drug-likeness (QED) is 0.625. The van der Waals surface area contributed by atoms with Crippen LogP contribution < -0.4 is 5.32 Å². The first kappa shape index (κ1) is 21.2. The van der Waals surface area contributed by atoms with Gasteiger partial charge in [-0.1, -0.05) is 30.3 Å². The highest BCUT2D eigenvalue weighted by Crippen LogP contribution is 2.22. The van der Waals surface area contributed by atoms with E-state index in [4.69, 9.17) is 0 Å². The van der Waals surface area contributed by atoms with Crippen LogP contribution in [0.25, 0.3) is 11.3 Å². The molecule has 8 heteroatoms. The summed E-state index contributed by atoms with van der Waals surface area (Å²) >= 11 is 1.62. The molecule has 6 nitrogen and oxygen atoms in total. The van der Waals surface area contributed by atoms with Crippen molar-refractivity contribution >= 4 is 27.3 Å². The maximum Gasteiger partial charge on any atom is 0.251 e. The largest absolute Gasteiger partial charge is 0.352 e. The summed E-state index contributed by atoms with van der Waals surface area (Å²) < 4.78 is 25.6. The molecule has 0 bridgehead atoms. The average Bonchev–Trinajstić information content (AvgIpc) is 3.14. The molecule has 1 amide bonds. The third kappa shape index (κ3) is 5.09. The standard InChI is InChI=1S/C21H23N3O3S2/c1-15-23-20(14-28-15)17-9-7-16(8-10-17)11-12-22-21(25)18-5-4-6-19(13-18)29(26,27)24(2)3/h4-10,13-14H,11-12H2,1-3H3,(H,22,25). The van der Waals surface area contributed by atoms with Crippen molar-refractivity contribution in [1.29, 1.82) is 0 Å². The molecule has 1 N–H and O–H groups in total. The number of aromatic nitrogens is 1. The van der Waals surface area contributed by atoms with Crippen LogP contribution in [0.1, 0.15) is 20.9 Å². The van der Waals surface area contributed by atoms with Crippen LogP contribution in [0.5, 0.6) is 0 Å². The van der Waals surface area contributed by atoms with Crippen LogP contribution in [0.4, 0.5) is 0 Å². The number of carbonyl (C=O) groups excluding carboxylic acids is 1. The highest BCUT2D eigenvalue weighted by molar-refractivity contribution is 7.89. The summed E-state index contributed by atoms with van der Waals surface area (Å²) in [6, 6.07) is 14.2. The lowest BCUT2D eigenvalue weighted by atomic mass is 10.1. The zero-order valence-corrected chi connectivity index (χ0v) is 18.2. The van der Waals surface area contributed by atoms with E-state index in [1.807, 2.05) is 36.6 Å². The van der Waals surface area contributed by atoms with E-state index in [0.29, 0.717) is 18.5 Å². The summed E-state index contributed by atoms with van der Waals surface area (Å²) in [6.07, 6.45) is 0.678. The van der Waals surface area contributed by atoms with E-state index in [1.165, 1.54) is 26.2 Å². The number of nitrogens with one attached hydrogen (secondary N) is 1. The molecule has 0 fully saturated rings. The summed E-state index contributed by atoms with van der Waals surface area (Å²) in [5.41, 5.74) is 3.47. The predicted octanol–water partition coefficient (Wildman–Crippen LogP) is 3.34. The third-order valence-electron chi connectivity index (χ3n) is 4.44. The van der Waals surface area contributed by atoms with Gasteiger partial charge in [-0.25, -0.2) is 17.7 Å². The number of nitrogens with zero attached hydrogens (tertiary/aromatic N) is 2. The maximum absolute atomic E-state index is 12.4. The summed E-state index contributed by atoms with van der Waals surface area (Å²) in [5.74, 6) is -0.296. The van der Waals surface area contributed by atoms with Crippen molar-refractivity contribution in [3.05, 3.63) is 70.0 Å². The summed E-state index contributed by atoms with van der Waals surface area (Å²) in [6.45, 7) is 2.44. The average molecular weight is 430 g/mol. The van der Waals surface area contributed by atoms with E-state index in [1.54, 1.807) is 23.5 Å². The molecular weight excluding hydrogens is 406 g/mol. The fourth-order valence-electron chi connectivity index (χ4n) is 2.77. The molecule has 2 aromatic carbocycles. The Balaban J connectivity index is 1.59. The minimum Gasteiger partial charge on any atom is -0.352 e. The number of hydrogen-bond acceptors (Lipinski definition) is 5. The molecule has 0 spiro atoms. The second-order valence-electron chi connectivity index (χ2n) is 6.77. The first-order valence-electron chi connectivity index (χ1n) is 9.09. The van der Waals surface area contributed by atoms with Gasteiger partial charge in [0.05, 0.1) is 15.6 Å². The molecule has 0 atom stereocenters. The summed E-state index contributed by atoms with van der Waals surface area (Å²) in [5, 5.41) is 5.92. The Labute approximate surface area is 175 Å². The first-order chi connectivity index (χ1) is 13.8. The highest BCUT2D eigenvalue weighted by Gasteiger charge is 2.18. The molecule has 0 unspecified atom stereocenters. The molecule has 0 aliphatic rings. The highest BCUT2D eigenvalue weighted by atomic mass is 32.2. The number of rotatable bonds is 7. The van der Waals surface area contributed by atoms with Crippen LogP contribution in [0.15, 0.2) is 58.8 Å². The monoisotopic (exact) mass is 429 g/mol. The van der Waals surface area contributed by atoms with Crippen molar-refractivity contribution in [2.45, 2.75) is 18.2 Å². The number of hydrogen-bond donors (Lipinski definition) is 1. The van der Waals surface area contributed by atoms with Gasteiger partial charge in [-0.15, -0.1) is 11.3 Å². The van der Waals surface area contributed by atoms with E-state index in [9.17, 15) is 13.2 Å². The summed E-state index contributed by atoms with van der Waals surface area (Å²) in [7, 11) is -0.650. The van der Waals surface area contributed by atoms with Crippen LogP contribution in [-0.2, 0) is 16.4 Å². The molecule has 152 valence electrons. The van der Waals surface area contributed by atoms with Gasteiger partial charge in [-0.05, 0) is 37.1 Å². The smallest absolute Gasteiger partial charge is 0.251 e. The Morgan fingerprint density at radius 1 is 1.14 bits per heavy atom. The number of benzene rings is 2. The van der Waals surface area contributed by atoms with Crippen molar-refractivity contribution in [1.82, 2.24) is 14.6 Å². The minimum absolute atomic E-state index is 0.100. The third-order valence-corrected chi connectivity index (χ3v) is 7.03. The normalized spacial score (nSPS) is 11.6. The van der Waals surface area contributed by atoms with Crippen molar-refractivity contribution in [3.8, 4) is 11.3 Å². The lowest BCUT2D eigenvalue weighted by Crippen LogP contribution is -2.26. The van der Waals surface area contributed by atoms with Gasteiger partial charge in [0.2, 0.25) is 10.0 Å². The number of aryl methyl sites for hydroxylation is 1. The van der Waals surface area contributed by atoms with E-state index in [2.05, 4.69) is 10.3 Å². The van der Waals surface area contributed by atoms with Gasteiger partial charge >= 0.3 is 0 Å².